The first-order valence-corrected chi connectivity index (χ1v) is 11.9. The highest BCUT2D eigenvalue weighted by Crippen LogP contribution is 2.40. The van der Waals surface area contributed by atoms with E-state index in [2.05, 4.69) is 4.98 Å². The SMILES string of the molecule is CCCOC(=O)c1ccc(CN2C(=O)C(=O)/C(=C(\O)c3ccc(OC)cc3C)C2c2cccnc2)cc1. The third-order valence-corrected chi connectivity index (χ3v) is 6.21. The van der Waals surface area contributed by atoms with Gasteiger partial charge in [0.05, 0.1) is 30.9 Å². The van der Waals surface area contributed by atoms with E-state index in [1.54, 1.807) is 81.0 Å². The van der Waals surface area contributed by atoms with Crippen molar-refractivity contribution in [3.05, 3.63) is 100 Å². The Morgan fingerprint density at radius 1 is 1.11 bits per heavy atom. The number of ketones is 1. The molecule has 8 nitrogen and oxygen atoms in total. The lowest BCUT2D eigenvalue weighted by Crippen LogP contribution is -2.29. The molecule has 3 aromatic rings. The van der Waals surface area contributed by atoms with Crippen LogP contribution in [0, 0.1) is 6.92 Å². The fourth-order valence-corrected chi connectivity index (χ4v) is 4.32. The number of rotatable bonds is 8. The van der Waals surface area contributed by atoms with Gasteiger partial charge >= 0.3 is 5.97 Å². The quantitative estimate of drug-likeness (QED) is 0.209. The number of esters is 1. The van der Waals surface area contributed by atoms with Crippen molar-refractivity contribution >= 4 is 23.4 Å². The number of ether oxygens (including phenoxy) is 2. The molecule has 1 aliphatic heterocycles. The number of pyridine rings is 1. The van der Waals surface area contributed by atoms with Crippen LogP contribution in [0.4, 0.5) is 0 Å². The number of hydrogen-bond acceptors (Lipinski definition) is 7. The maximum absolute atomic E-state index is 13.3. The molecule has 2 aromatic carbocycles. The Hall–Kier alpha value is -4.46. The number of carbonyl (C=O) groups excluding carboxylic acids is 3. The molecule has 190 valence electrons. The van der Waals surface area contributed by atoms with Crippen LogP contribution in [0.3, 0.4) is 0 Å². The highest BCUT2D eigenvalue weighted by atomic mass is 16.5. The van der Waals surface area contributed by atoms with Gasteiger partial charge in [-0.25, -0.2) is 4.79 Å². The van der Waals surface area contributed by atoms with Gasteiger partial charge in [0.15, 0.2) is 0 Å². The summed E-state index contributed by atoms with van der Waals surface area (Å²) in [5, 5.41) is 11.3. The Morgan fingerprint density at radius 2 is 1.86 bits per heavy atom. The van der Waals surface area contributed by atoms with Crippen LogP contribution in [0.15, 0.2) is 72.6 Å². The van der Waals surface area contributed by atoms with Gasteiger partial charge in [0.1, 0.15) is 11.5 Å². The second-order valence-electron chi connectivity index (χ2n) is 8.73. The molecule has 1 aromatic heterocycles. The van der Waals surface area contributed by atoms with Crippen LogP contribution >= 0.6 is 0 Å². The summed E-state index contributed by atoms with van der Waals surface area (Å²) in [5.74, 6) is -1.57. The van der Waals surface area contributed by atoms with Gasteiger partial charge in [-0.05, 0) is 66.4 Å². The van der Waals surface area contributed by atoms with E-state index in [1.807, 2.05) is 6.92 Å². The average molecular weight is 501 g/mol. The molecule has 4 rings (SSSR count). The minimum atomic E-state index is -0.843. The number of nitrogens with zero attached hydrogens (tertiary/aromatic N) is 2. The number of aliphatic hydroxyl groups excluding tert-OH is 1. The normalized spacial score (nSPS) is 16.6. The van der Waals surface area contributed by atoms with Gasteiger partial charge < -0.3 is 19.5 Å². The van der Waals surface area contributed by atoms with Crippen molar-refractivity contribution in [1.82, 2.24) is 9.88 Å². The fraction of sp³-hybridized carbons (Fsp3) is 0.241. The van der Waals surface area contributed by atoms with Crippen molar-refractivity contribution < 1.29 is 29.0 Å². The maximum atomic E-state index is 13.3. The summed E-state index contributed by atoms with van der Waals surface area (Å²) >= 11 is 0. The van der Waals surface area contributed by atoms with E-state index in [4.69, 9.17) is 9.47 Å². The molecule has 1 saturated heterocycles. The molecule has 1 atom stereocenters. The van der Waals surface area contributed by atoms with Crippen LogP contribution in [0.25, 0.3) is 5.76 Å². The topological polar surface area (TPSA) is 106 Å². The zero-order valence-corrected chi connectivity index (χ0v) is 20.9. The lowest BCUT2D eigenvalue weighted by molar-refractivity contribution is -0.140. The van der Waals surface area contributed by atoms with E-state index in [0.29, 0.717) is 40.2 Å². The van der Waals surface area contributed by atoms with Crippen molar-refractivity contribution in [2.75, 3.05) is 13.7 Å². The van der Waals surface area contributed by atoms with Gasteiger partial charge in [-0.2, -0.15) is 0 Å². The Labute approximate surface area is 215 Å². The van der Waals surface area contributed by atoms with Crippen LogP contribution in [0.1, 0.15) is 52.0 Å². The predicted molar refractivity (Wildman–Crippen MR) is 137 cm³/mol. The molecule has 0 saturated carbocycles. The lowest BCUT2D eigenvalue weighted by Gasteiger charge is -2.25. The summed E-state index contributed by atoms with van der Waals surface area (Å²) in [6, 6.07) is 14.4. The van der Waals surface area contributed by atoms with E-state index >= 15 is 0 Å². The number of aliphatic hydroxyl groups is 1. The molecule has 0 bridgehead atoms. The van der Waals surface area contributed by atoms with Crippen LogP contribution in [0.2, 0.25) is 0 Å². The first-order chi connectivity index (χ1) is 17.8. The molecule has 1 N–H and O–H groups in total. The monoisotopic (exact) mass is 500 g/mol. The number of amides is 1. The molecule has 0 aliphatic carbocycles. The Balaban J connectivity index is 1.73. The summed E-state index contributed by atoms with van der Waals surface area (Å²) in [7, 11) is 1.54. The first kappa shape index (κ1) is 25.6. The summed E-state index contributed by atoms with van der Waals surface area (Å²) in [4.78, 5) is 44.2. The maximum Gasteiger partial charge on any atom is 0.338 e. The van der Waals surface area contributed by atoms with Crippen LogP contribution < -0.4 is 4.74 Å². The highest BCUT2D eigenvalue weighted by Gasteiger charge is 2.46. The molecule has 1 fully saturated rings. The Morgan fingerprint density at radius 3 is 2.49 bits per heavy atom. The number of methoxy groups -OCH3 is 1. The zero-order valence-electron chi connectivity index (χ0n) is 20.9. The number of hydrogen-bond donors (Lipinski definition) is 1. The van der Waals surface area contributed by atoms with Crippen molar-refractivity contribution in [1.29, 1.82) is 0 Å². The van der Waals surface area contributed by atoms with Crippen molar-refractivity contribution in [2.24, 2.45) is 0 Å². The fourth-order valence-electron chi connectivity index (χ4n) is 4.32. The van der Waals surface area contributed by atoms with Gasteiger partial charge in [0.2, 0.25) is 0 Å². The number of benzene rings is 2. The molecule has 8 heteroatoms. The third kappa shape index (κ3) is 5.23. The smallest absolute Gasteiger partial charge is 0.338 e. The molecular weight excluding hydrogens is 472 g/mol. The number of aryl methyl sites for hydroxylation is 1. The molecule has 1 unspecified atom stereocenters. The summed E-state index contributed by atoms with van der Waals surface area (Å²) in [6.07, 6.45) is 3.90. The minimum absolute atomic E-state index is 0.00831. The van der Waals surface area contributed by atoms with Gasteiger partial charge in [-0.3, -0.25) is 14.6 Å². The molecule has 1 amide bonds. The molecule has 1 aliphatic rings. The van der Waals surface area contributed by atoms with Gasteiger partial charge in [-0.15, -0.1) is 0 Å². The van der Waals surface area contributed by atoms with Crippen molar-refractivity contribution in [3.8, 4) is 5.75 Å². The van der Waals surface area contributed by atoms with E-state index < -0.39 is 23.7 Å². The first-order valence-electron chi connectivity index (χ1n) is 11.9. The molecule has 0 radical (unpaired) electrons. The summed E-state index contributed by atoms with van der Waals surface area (Å²) in [5.41, 5.74) is 2.82. The molecule has 37 heavy (non-hydrogen) atoms. The van der Waals surface area contributed by atoms with Crippen LogP contribution in [-0.4, -0.2) is 46.4 Å². The summed E-state index contributed by atoms with van der Waals surface area (Å²) in [6.45, 7) is 4.14. The standard InChI is InChI=1S/C29H28N2O6/c1-4-14-37-29(35)20-9-7-19(8-10-20)17-31-25(21-6-5-13-30-16-21)24(27(33)28(31)34)26(32)23-12-11-22(36-3)15-18(23)2/h5-13,15-16,25,32H,4,14,17H2,1-3H3/b26-24-. The highest BCUT2D eigenvalue weighted by molar-refractivity contribution is 6.46. The second-order valence-corrected chi connectivity index (χ2v) is 8.73. The van der Waals surface area contributed by atoms with Gasteiger partial charge in [0, 0.05) is 24.5 Å². The van der Waals surface area contributed by atoms with E-state index in [1.165, 1.54) is 4.90 Å². The Bertz CT molecular complexity index is 1350. The molecule has 0 spiro atoms. The van der Waals surface area contributed by atoms with Crippen LogP contribution in [0.5, 0.6) is 5.75 Å². The number of likely N-dealkylation sites (tertiary alicyclic amines) is 1. The lowest BCUT2D eigenvalue weighted by atomic mass is 9.94. The predicted octanol–water partition coefficient (Wildman–Crippen LogP) is 4.59. The van der Waals surface area contributed by atoms with Gasteiger partial charge in [0.25, 0.3) is 11.7 Å². The van der Waals surface area contributed by atoms with E-state index in [-0.39, 0.29) is 17.9 Å². The number of aromatic nitrogens is 1. The van der Waals surface area contributed by atoms with Crippen LogP contribution in [-0.2, 0) is 20.9 Å². The van der Waals surface area contributed by atoms with Gasteiger partial charge in [-0.1, -0.05) is 25.1 Å². The van der Waals surface area contributed by atoms with Crippen molar-refractivity contribution in [2.45, 2.75) is 32.9 Å². The third-order valence-electron chi connectivity index (χ3n) is 6.21. The number of Topliss-reactive ketones (excluding diaryl/α,β-unsaturated/α-hetero) is 1. The molecular formula is C29H28N2O6. The van der Waals surface area contributed by atoms with E-state index in [9.17, 15) is 19.5 Å². The largest absolute Gasteiger partial charge is 0.507 e. The Kier molecular flexibility index (Phi) is 7.67. The average Bonchev–Trinajstić information content (AvgIpc) is 3.17. The second kappa shape index (κ2) is 11.1. The minimum Gasteiger partial charge on any atom is -0.507 e. The summed E-state index contributed by atoms with van der Waals surface area (Å²) < 4.78 is 10.4. The van der Waals surface area contributed by atoms with Crippen molar-refractivity contribution in [3.63, 3.8) is 0 Å². The zero-order chi connectivity index (χ0) is 26.5. The van der Waals surface area contributed by atoms with E-state index in [0.717, 1.165) is 6.42 Å². The number of carbonyl (C=O) groups is 3. The molecule has 2 heterocycles.